The van der Waals surface area contributed by atoms with Crippen LogP contribution in [0.3, 0.4) is 0 Å². The summed E-state index contributed by atoms with van der Waals surface area (Å²) >= 11 is 4.91. The molecule has 0 spiro atoms. The number of nitrogens with zero attached hydrogens (tertiary/aromatic N) is 1. The van der Waals surface area contributed by atoms with Crippen LogP contribution in [0.1, 0.15) is 23.3 Å². The zero-order chi connectivity index (χ0) is 17.8. The Morgan fingerprint density at radius 2 is 1.88 bits per heavy atom. The molecule has 2 aromatic rings. The van der Waals surface area contributed by atoms with Gasteiger partial charge in [0.15, 0.2) is 0 Å². The van der Waals surface area contributed by atoms with Crippen molar-refractivity contribution in [3.05, 3.63) is 56.7 Å². The van der Waals surface area contributed by atoms with Gasteiger partial charge in [0, 0.05) is 29.5 Å². The van der Waals surface area contributed by atoms with Gasteiger partial charge in [-0.1, -0.05) is 18.2 Å². The Labute approximate surface area is 157 Å². The molecule has 0 saturated carbocycles. The van der Waals surface area contributed by atoms with Gasteiger partial charge in [0.25, 0.3) is 0 Å². The molecule has 0 unspecified atom stereocenters. The molecule has 128 valence electrons. The number of thiophene rings is 1. The molecule has 5 nitrogen and oxygen atoms in total. The van der Waals surface area contributed by atoms with Crippen LogP contribution in [0.5, 0.6) is 0 Å². The molecule has 1 N–H and O–H groups in total. The van der Waals surface area contributed by atoms with Gasteiger partial charge >= 0.3 is 0 Å². The minimum atomic E-state index is -0.268. The quantitative estimate of drug-likeness (QED) is 0.592. The molecule has 0 atom stereocenters. The SMILES string of the molecule is O=C(/C=C\c1ccc(Br)s1)Nc1ccccc1CN1C(=O)CCC1=O. The number of benzene rings is 1. The molecule has 7 heteroatoms. The van der Waals surface area contributed by atoms with Crippen molar-refractivity contribution in [2.75, 3.05) is 5.32 Å². The fourth-order valence-electron chi connectivity index (χ4n) is 2.50. The first-order valence-corrected chi connectivity index (χ1v) is 9.29. The molecule has 2 heterocycles. The van der Waals surface area contributed by atoms with Crippen LogP contribution in [0.4, 0.5) is 5.69 Å². The minimum absolute atomic E-state index is 0.172. The van der Waals surface area contributed by atoms with E-state index in [1.165, 1.54) is 22.3 Å². The van der Waals surface area contributed by atoms with E-state index < -0.39 is 0 Å². The number of halogens is 1. The van der Waals surface area contributed by atoms with E-state index in [0.717, 1.165) is 14.2 Å². The summed E-state index contributed by atoms with van der Waals surface area (Å²) in [5.74, 6) is -0.611. The highest BCUT2D eigenvalue weighted by molar-refractivity contribution is 9.11. The van der Waals surface area contributed by atoms with Gasteiger partial charge in [-0.3, -0.25) is 19.3 Å². The first-order chi connectivity index (χ1) is 12.0. The number of carbonyl (C=O) groups excluding carboxylic acids is 3. The highest BCUT2D eigenvalue weighted by Gasteiger charge is 2.29. The number of amides is 3. The number of likely N-dealkylation sites (tertiary alicyclic amines) is 1. The molecular weight excluding hydrogens is 404 g/mol. The van der Waals surface area contributed by atoms with Gasteiger partial charge in [0.2, 0.25) is 17.7 Å². The lowest BCUT2D eigenvalue weighted by atomic mass is 10.1. The number of hydrogen-bond acceptors (Lipinski definition) is 4. The van der Waals surface area contributed by atoms with Crippen molar-refractivity contribution in [2.45, 2.75) is 19.4 Å². The molecule has 0 bridgehead atoms. The molecule has 3 amide bonds. The molecule has 0 radical (unpaired) electrons. The topological polar surface area (TPSA) is 66.5 Å². The molecule has 0 aliphatic carbocycles. The standard InChI is InChI=1S/C18H15BrN2O3S/c19-15-7-5-13(25-15)6-8-16(22)20-14-4-2-1-3-12(14)11-21-17(23)9-10-18(21)24/h1-8H,9-11H2,(H,20,22)/b8-6-. The molecule has 1 saturated heterocycles. The fourth-order valence-corrected chi connectivity index (χ4v) is 3.83. The van der Waals surface area contributed by atoms with E-state index in [1.807, 2.05) is 18.2 Å². The number of nitrogens with one attached hydrogen (secondary N) is 1. The summed E-state index contributed by atoms with van der Waals surface area (Å²) in [4.78, 5) is 37.9. The van der Waals surface area contributed by atoms with Gasteiger partial charge in [-0.15, -0.1) is 11.3 Å². The summed E-state index contributed by atoms with van der Waals surface area (Å²) in [6, 6.07) is 11.0. The number of rotatable bonds is 5. The van der Waals surface area contributed by atoms with Crippen molar-refractivity contribution in [1.82, 2.24) is 4.90 Å². The number of hydrogen-bond donors (Lipinski definition) is 1. The van der Waals surface area contributed by atoms with E-state index in [4.69, 9.17) is 0 Å². The maximum atomic E-state index is 12.2. The monoisotopic (exact) mass is 418 g/mol. The zero-order valence-corrected chi connectivity index (χ0v) is 15.6. The second-order valence-electron chi connectivity index (χ2n) is 5.50. The molecule has 1 aromatic heterocycles. The van der Waals surface area contributed by atoms with Crippen molar-refractivity contribution in [3.63, 3.8) is 0 Å². The van der Waals surface area contributed by atoms with E-state index in [-0.39, 0.29) is 37.1 Å². The van der Waals surface area contributed by atoms with Gasteiger partial charge in [0.05, 0.1) is 10.3 Å². The van der Waals surface area contributed by atoms with Crippen LogP contribution in [0.25, 0.3) is 6.08 Å². The summed E-state index contributed by atoms with van der Waals surface area (Å²) in [7, 11) is 0. The summed E-state index contributed by atoms with van der Waals surface area (Å²) in [5, 5.41) is 2.81. The van der Waals surface area contributed by atoms with E-state index in [1.54, 1.807) is 24.3 Å². The fraction of sp³-hybridized carbons (Fsp3) is 0.167. The Balaban J connectivity index is 1.70. The van der Waals surface area contributed by atoms with Gasteiger partial charge in [0.1, 0.15) is 0 Å². The smallest absolute Gasteiger partial charge is 0.248 e. The van der Waals surface area contributed by atoms with Gasteiger partial charge < -0.3 is 5.32 Å². The molecule has 25 heavy (non-hydrogen) atoms. The number of para-hydroxylation sites is 1. The summed E-state index contributed by atoms with van der Waals surface area (Å²) < 4.78 is 0.998. The lowest BCUT2D eigenvalue weighted by molar-refractivity contribution is -0.139. The van der Waals surface area contributed by atoms with E-state index in [0.29, 0.717) is 5.69 Å². The lowest BCUT2D eigenvalue weighted by Crippen LogP contribution is -2.28. The lowest BCUT2D eigenvalue weighted by Gasteiger charge is -2.16. The highest BCUT2D eigenvalue weighted by Crippen LogP contribution is 2.24. The van der Waals surface area contributed by atoms with Crippen molar-refractivity contribution >= 4 is 56.8 Å². The van der Waals surface area contributed by atoms with E-state index in [2.05, 4.69) is 21.2 Å². The van der Waals surface area contributed by atoms with Crippen LogP contribution in [0.2, 0.25) is 0 Å². The average Bonchev–Trinajstić information content (AvgIpc) is 3.15. The molecule has 1 aliphatic heterocycles. The normalized spacial score (nSPS) is 14.5. The Bertz CT molecular complexity index is 844. The molecule has 1 aliphatic rings. The molecule has 1 aromatic carbocycles. The zero-order valence-electron chi connectivity index (χ0n) is 13.2. The predicted octanol–water partition coefficient (Wildman–Crippen LogP) is 3.81. The number of imide groups is 1. The molecular formula is C18H15BrN2O3S. The molecule has 3 rings (SSSR count). The number of carbonyl (C=O) groups is 3. The van der Waals surface area contributed by atoms with Crippen molar-refractivity contribution in [2.24, 2.45) is 0 Å². The third kappa shape index (κ3) is 4.43. The first-order valence-electron chi connectivity index (χ1n) is 7.68. The minimum Gasteiger partial charge on any atom is -0.322 e. The maximum Gasteiger partial charge on any atom is 0.248 e. The Morgan fingerprint density at radius 3 is 2.56 bits per heavy atom. The summed E-state index contributed by atoms with van der Waals surface area (Å²) in [5.41, 5.74) is 1.32. The van der Waals surface area contributed by atoms with Gasteiger partial charge in [-0.2, -0.15) is 0 Å². The molecule has 1 fully saturated rings. The van der Waals surface area contributed by atoms with Crippen LogP contribution >= 0.6 is 27.3 Å². The maximum absolute atomic E-state index is 12.2. The first kappa shape index (κ1) is 17.6. The third-order valence-corrected chi connectivity index (χ3v) is 5.34. The van der Waals surface area contributed by atoms with E-state index in [9.17, 15) is 14.4 Å². The van der Waals surface area contributed by atoms with Gasteiger partial charge in [-0.05, 0) is 45.8 Å². The van der Waals surface area contributed by atoms with Crippen LogP contribution in [0, 0.1) is 0 Å². The van der Waals surface area contributed by atoms with Crippen LogP contribution in [-0.2, 0) is 20.9 Å². The average molecular weight is 419 g/mol. The van der Waals surface area contributed by atoms with Crippen molar-refractivity contribution < 1.29 is 14.4 Å². The van der Waals surface area contributed by atoms with Crippen LogP contribution in [0.15, 0.2) is 46.3 Å². The second kappa shape index (κ2) is 7.76. The Morgan fingerprint density at radius 1 is 1.16 bits per heavy atom. The Kier molecular flexibility index (Phi) is 5.45. The number of anilines is 1. The highest BCUT2D eigenvalue weighted by atomic mass is 79.9. The third-order valence-electron chi connectivity index (χ3n) is 3.75. The van der Waals surface area contributed by atoms with Crippen LogP contribution < -0.4 is 5.32 Å². The largest absolute Gasteiger partial charge is 0.322 e. The summed E-state index contributed by atoms with van der Waals surface area (Å²) in [6.07, 6.45) is 3.71. The second-order valence-corrected chi connectivity index (χ2v) is 7.99. The predicted molar refractivity (Wildman–Crippen MR) is 101 cm³/mol. The van der Waals surface area contributed by atoms with Crippen molar-refractivity contribution in [3.8, 4) is 0 Å². The van der Waals surface area contributed by atoms with Gasteiger partial charge in [-0.25, -0.2) is 0 Å². The van der Waals surface area contributed by atoms with Crippen molar-refractivity contribution in [1.29, 1.82) is 0 Å². The van der Waals surface area contributed by atoms with Crippen LogP contribution in [-0.4, -0.2) is 22.6 Å². The Hall–Kier alpha value is -2.25. The van der Waals surface area contributed by atoms with E-state index >= 15 is 0 Å². The summed E-state index contributed by atoms with van der Waals surface area (Å²) in [6.45, 7) is 0.176.